The Balaban J connectivity index is 2.41. The number of hydrogen-bond donors (Lipinski definition) is 1. The lowest BCUT2D eigenvalue weighted by molar-refractivity contribution is -0.137. The van der Waals surface area contributed by atoms with Gasteiger partial charge in [-0.15, -0.1) is 21.8 Å². The summed E-state index contributed by atoms with van der Waals surface area (Å²) in [5.41, 5.74) is -2.88. The van der Waals surface area contributed by atoms with Gasteiger partial charge >= 0.3 is 6.18 Å². The SMILES string of the molecule is CC(C)(C)c1nnc(C(C)(C)NS(=O)(=O)c2ccc(C(F)(F)F)cc2CCl)o1. The van der Waals surface area contributed by atoms with Gasteiger partial charge in [-0.3, -0.25) is 0 Å². The van der Waals surface area contributed by atoms with Crippen LogP contribution in [0.25, 0.3) is 0 Å². The monoisotopic (exact) mass is 439 g/mol. The smallest absolute Gasteiger partial charge is 0.416 e. The number of nitrogens with one attached hydrogen (secondary N) is 1. The van der Waals surface area contributed by atoms with Crippen LogP contribution in [0, 0.1) is 0 Å². The van der Waals surface area contributed by atoms with Gasteiger partial charge in [0.25, 0.3) is 0 Å². The first-order chi connectivity index (χ1) is 12.6. The second-order valence-corrected chi connectivity index (χ2v) is 9.76. The second-order valence-electron chi connectivity index (χ2n) is 7.85. The maximum Gasteiger partial charge on any atom is 0.416 e. The minimum absolute atomic E-state index is 0.0281. The standard InChI is InChI=1S/C17H21ClF3N3O3S/c1-15(2,3)13-22-23-14(27-13)16(4,5)24-28(25,26)12-7-6-11(17(19,20)21)8-10(12)9-18/h6-8,24H,9H2,1-5H3. The van der Waals surface area contributed by atoms with E-state index in [9.17, 15) is 21.6 Å². The van der Waals surface area contributed by atoms with E-state index in [-0.39, 0.29) is 16.3 Å². The van der Waals surface area contributed by atoms with Crippen molar-refractivity contribution in [1.29, 1.82) is 0 Å². The molecule has 0 aliphatic carbocycles. The van der Waals surface area contributed by atoms with Crippen LogP contribution in [0.5, 0.6) is 0 Å². The van der Waals surface area contributed by atoms with Crippen molar-refractivity contribution >= 4 is 21.6 Å². The van der Waals surface area contributed by atoms with Crippen molar-refractivity contribution in [2.45, 2.75) is 62.5 Å². The molecular formula is C17H21ClF3N3O3S. The number of aromatic nitrogens is 2. The second kappa shape index (κ2) is 7.31. The molecule has 1 heterocycles. The van der Waals surface area contributed by atoms with Gasteiger partial charge in [0, 0.05) is 11.3 Å². The van der Waals surface area contributed by atoms with Gasteiger partial charge in [0.15, 0.2) is 0 Å². The number of rotatable bonds is 5. The summed E-state index contributed by atoms with van der Waals surface area (Å²) in [7, 11) is -4.23. The molecule has 2 aromatic rings. The largest absolute Gasteiger partial charge is 0.423 e. The molecule has 156 valence electrons. The highest BCUT2D eigenvalue weighted by molar-refractivity contribution is 7.89. The molecule has 0 amide bonds. The minimum Gasteiger partial charge on any atom is -0.423 e. The topological polar surface area (TPSA) is 85.1 Å². The van der Waals surface area contributed by atoms with Crippen LogP contribution < -0.4 is 4.72 Å². The lowest BCUT2D eigenvalue weighted by Gasteiger charge is -2.23. The number of benzene rings is 1. The third-order valence-electron chi connectivity index (χ3n) is 3.81. The number of sulfonamides is 1. The van der Waals surface area contributed by atoms with E-state index < -0.39 is 38.6 Å². The Labute approximate surface area is 166 Å². The predicted octanol–water partition coefficient (Wildman–Crippen LogP) is 4.34. The van der Waals surface area contributed by atoms with Gasteiger partial charge in [0.1, 0.15) is 5.54 Å². The van der Waals surface area contributed by atoms with Crippen LogP contribution >= 0.6 is 11.6 Å². The van der Waals surface area contributed by atoms with E-state index in [1.807, 2.05) is 20.8 Å². The number of hydrogen-bond acceptors (Lipinski definition) is 5. The van der Waals surface area contributed by atoms with Crippen molar-refractivity contribution in [2.24, 2.45) is 0 Å². The van der Waals surface area contributed by atoms with E-state index in [0.717, 1.165) is 12.1 Å². The molecule has 0 radical (unpaired) electrons. The zero-order valence-corrected chi connectivity index (χ0v) is 17.6. The summed E-state index contributed by atoms with van der Waals surface area (Å²) in [5.74, 6) is -0.0546. The molecular weight excluding hydrogens is 419 g/mol. The quantitative estimate of drug-likeness (QED) is 0.700. The Morgan fingerprint density at radius 3 is 2.11 bits per heavy atom. The summed E-state index contributed by atoms with van der Waals surface area (Å²) in [6.45, 7) is 8.59. The molecule has 0 atom stereocenters. The summed E-state index contributed by atoms with van der Waals surface area (Å²) >= 11 is 5.70. The van der Waals surface area contributed by atoms with Crippen molar-refractivity contribution < 1.29 is 26.0 Å². The van der Waals surface area contributed by atoms with Crippen molar-refractivity contribution in [1.82, 2.24) is 14.9 Å². The zero-order valence-electron chi connectivity index (χ0n) is 16.0. The molecule has 11 heteroatoms. The number of halogens is 4. The number of alkyl halides is 4. The average molecular weight is 440 g/mol. The van der Waals surface area contributed by atoms with Crippen LogP contribution in [0.15, 0.2) is 27.5 Å². The van der Waals surface area contributed by atoms with Crippen molar-refractivity contribution in [2.75, 3.05) is 0 Å². The first-order valence-corrected chi connectivity index (χ1v) is 10.2. The van der Waals surface area contributed by atoms with E-state index in [1.165, 1.54) is 13.8 Å². The highest BCUT2D eigenvalue weighted by Gasteiger charge is 2.36. The van der Waals surface area contributed by atoms with Crippen LogP contribution in [0.3, 0.4) is 0 Å². The van der Waals surface area contributed by atoms with Crippen LogP contribution in [-0.2, 0) is 33.0 Å². The van der Waals surface area contributed by atoms with Gasteiger partial charge in [0.05, 0.1) is 10.5 Å². The fraction of sp³-hybridized carbons (Fsp3) is 0.529. The van der Waals surface area contributed by atoms with Gasteiger partial charge < -0.3 is 4.42 Å². The van der Waals surface area contributed by atoms with Gasteiger partial charge in [0.2, 0.25) is 21.8 Å². The van der Waals surface area contributed by atoms with Gasteiger partial charge in [-0.2, -0.15) is 17.9 Å². The summed E-state index contributed by atoms with van der Waals surface area (Å²) in [6, 6.07) is 2.30. The highest BCUT2D eigenvalue weighted by atomic mass is 35.5. The van der Waals surface area contributed by atoms with Crippen LogP contribution in [0.4, 0.5) is 13.2 Å². The molecule has 6 nitrogen and oxygen atoms in total. The van der Waals surface area contributed by atoms with Crippen LogP contribution in [0.2, 0.25) is 0 Å². The highest BCUT2D eigenvalue weighted by Crippen LogP contribution is 2.33. The Hall–Kier alpha value is -1.65. The fourth-order valence-electron chi connectivity index (χ4n) is 2.34. The molecule has 0 saturated carbocycles. The summed E-state index contributed by atoms with van der Waals surface area (Å²) < 4.78 is 72.3. The van der Waals surface area contributed by atoms with Gasteiger partial charge in [-0.25, -0.2) is 8.42 Å². The molecule has 1 N–H and O–H groups in total. The molecule has 1 aromatic heterocycles. The normalized spacial score (nSPS) is 13.8. The fourth-order valence-corrected chi connectivity index (χ4v) is 4.23. The molecule has 0 aliphatic rings. The predicted molar refractivity (Wildman–Crippen MR) is 97.3 cm³/mol. The van der Waals surface area contributed by atoms with Gasteiger partial charge in [-0.1, -0.05) is 20.8 Å². The molecule has 2 rings (SSSR count). The molecule has 0 aliphatic heterocycles. The Morgan fingerprint density at radius 2 is 1.64 bits per heavy atom. The lowest BCUT2D eigenvalue weighted by Crippen LogP contribution is -2.41. The summed E-state index contributed by atoms with van der Waals surface area (Å²) in [4.78, 5) is -0.348. The maximum atomic E-state index is 12.9. The maximum absolute atomic E-state index is 12.9. The van der Waals surface area contributed by atoms with E-state index in [0.29, 0.717) is 12.0 Å². The molecule has 0 spiro atoms. The van der Waals surface area contributed by atoms with E-state index in [1.54, 1.807) is 0 Å². The molecule has 0 bridgehead atoms. The van der Waals surface area contributed by atoms with Crippen molar-refractivity contribution in [3.63, 3.8) is 0 Å². The van der Waals surface area contributed by atoms with Crippen LogP contribution in [0.1, 0.15) is 57.5 Å². The van der Waals surface area contributed by atoms with Crippen LogP contribution in [-0.4, -0.2) is 18.6 Å². The third-order valence-corrected chi connectivity index (χ3v) is 5.86. The van der Waals surface area contributed by atoms with E-state index >= 15 is 0 Å². The molecule has 1 aromatic carbocycles. The van der Waals surface area contributed by atoms with Gasteiger partial charge in [-0.05, 0) is 37.6 Å². The van der Waals surface area contributed by atoms with E-state index in [2.05, 4.69) is 14.9 Å². The molecule has 0 unspecified atom stereocenters. The molecule has 0 fully saturated rings. The average Bonchev–Trinajstić information content (AvgIpc) is 3.03. The van der Waals surface area contributed by atoms with Crippen molar-refractivity contribution in [3.8, 4) is 0 Å². The zero-order chi connectivity index (χ0) is 21.5. The number of nitrogens with zero attached hydrogens (tertiary/aromatic N) is 2. The molecule has 28 heavy (non-hydrogen) atoms. The lowest BCUT2D eigenvalue weighted by atomic mass is 9.97. The molecule has 0 saturated heterocycles. The third kappa shape index (κ3) is 4.84. The summed E-state index contributed by atoms with van der Waals surface area (Å²) in [5, 5.41) is 7.83. The van der Waals surface area contributed by atoms with Crippen molar-refractivity contribution in [3.05, 3.63) is 41.1 Å². The Kier molecular flexibility index (Phi) is 5.91. The minimum atomic E-state index is -4.61. The summed E-state index contributed by atoms with van der Waals surface area (Å²) in [6.07, 6.45) is -4.61. The van der Waals surface area contributed by atoms with E-state index in [4.69, 9.17) is 16.0 Å². The first kappa shape index (κ1) is 22.6. The Morgan fingerprint density at radius 1 is 1.07 bits per heavy atom. The first-order valence-electron chi connectivity index (χ1n) is 8.22. The Bertz CT molecular complexity index is 964.